The monoisotopic (exact) mass is 403 g/mol. The lowest BCUT2D eigenvalue weighted by molar-refractivity contribution is 0.112. The highest BCUT2D eigenvalue weighted by atomic mass is 79.9. The third-order valence-corrected chi connectivity index (χ3v) is 5.13. The summed E-state index contributed by atoms with van der Waals surface area (Å²) in [6, 6.07) is 8.46. The second-order valence-electron chi connectivity index (χ2n) is 7.55. The lowest BCUT2D eigenvalue weighted by Gasteiger charge is -2.46. The van der Waals surface area contributed by atoms with E-state index in [4.69, 9.17) is 0 Å². The van der Waals surface area contributed by atoms with E-state index in [9.17, 15) is 0 Å². The fourth-order valence-corrected chi connectivity index (χ4v) is 3.52. The molecule has 3 heterocycles. The van der Waals surface area contributed by atoms with E-state index >= 15 is 0 Å². The molecule has 1 fully saturated rings. The third kappa shape index (κ3) is 4.50. The van der Waals surface area contributed by atoms with Gasteiger partial charge in [-0.15, -0.1) is 0 Å². The Kier molecular flexibility index (Phi) is 5.29. The highest BCUT2D eigenvalue weighted by Gasteiger charge is 2.30. The van der Waals surface area contributed by atoms with E-state index in [1.807, 2.05) is 24.4 Å². The molecule has 1 aliphatic rings. The predicted molar refractivity (Wildman–Crippen MR) is 108 cm³/mol. The van der Waals surface area contributed by atoms with Crippen LogP contribution in [0, 0.1) is 0 Å². The molecule has 0 bridgehead atoms. The van der Waals surface area contributed by atoms with E-state index in [1.165, 1.54) is 5.69 Å². The van der Waals surface area contributed by atoms with Crippen molar-refractivity contribution >= 4 is 33.3 Å². The fraction of sp³-hybridized carbons (Fsp3) is 0.474. The van der Waals surface area contributed by atoms with Crippen LogP contribution >= 0.6 is 15.9 Å². The van der Waals surface area contributed by atoms with Crippen molar-refractivity contribution in [3.05, 3.63) is 41.1 Å². The van der Waals surface area contributed by atoms with Crippen molar-refractivity contribution in [3.8, 4) is 0 Å². The van der Waals surface area contributed by atoms with Gasteiger partial charge in [0.2, 0.25) is 0 Å². The Balaban J connectivity index is 1.66. The van der Waals surface area contributed by atoms with Crippen molar-refractivity contribution in [1.29, 1.82) is 0 Å². The molecule has 2 aromatic rings. The predicted octanol–water partition coefficient (Wildman–Crippen LogP) is 4.29. The van der Waals surface area contributed by atoms with Crippen molar-refractivity contribution < 1.29 is 0 Å². The summed E-state index contributed by atoms with van der Waals surface area (Å²) in [5.74, 6) is 1.58. The Hall–Kier alpha value is -1.66. The molecule has 1 N–H and O–H groups in total. The van der Waals surface area contributed by atoms with Crippen LogP contribution in [0.4, 0.5) is 17.3 Å². The number of rotatable bonds is 3. The summed E-state index contributed by atoms with van der Waals surface area (Å²) in [5, 5.41) is 3.23. The van der Waals surface area contributed by atoms with Crippen LogP contribution in [0.1, 0.15) is 27.7 Å². The van der Waals surface area contributed by atoms with E-state index in [0.29, 0.717) is 6.04 Å². The maximum atomic E-state index is 4.56. The van der Waals surface area contributed by atoms with Gasteiger partial charge in [-0.1, -0.05) is 15.9 Å². The van der Waals surface area contributed by atoms with Crippen molar-refractivity contribution in [2.45, 2.75) is 39.3 Å². The number of hydrogen-bond acceptors (Lipinski definition) is 5. The van der Waals surface area contributed by atoms with Crippen LogP contribution in [0.5, 0.6) is 0 Å². The summed E-state index contributed by atoms with van der Waals surface area (Å²) >= 11 is 3.45. The second kappa shape index (κ2) is 7.30. The highest BCUT2D eigenvalue weighted by molar-refractivity contribution is 9.10. The average molecular weight is 404 g/mol. The third-order valence-electron chi connectivity index (χ3n) is 4.63. The van der Waals surface area contributed by atoms with E-state index in [1.54, 1.807) is 6.20 Å². The molecule has 5 nitrogen and oxygen atoms in total. The van der Waals surface area contributed by atoms with Gasteiger partial charge in [0.1, 0.15) is 11.6 Å². The number of pyridine rings is 2. The smallest absolute Gasteiger partial charge is 0.132 e. The van der Waals surface area contributed by atoms with Gasteiger partial charge in [-0.3, -0.25) is 4.90 Å². The fourth-order valence-electron chi connectivity index (χ4n) is 3.18. The van der Waals surface area contributed by atoms with E-state index in [-0.39, 0.29) is 5.54 Å². The minimum absolute atomic E-state index is 0.226. The number of halogens is 1. The Bertz CT molecular complexity index is 710. The summed E-state index contributed by atoms with van der Waals surface area (Å²) in [6.45, 7) is 12.3. The molecule has 1 saturated heterocycles. The number of nitrogens with zero attached hydrogens (tertiary/aromatic N) is 4. The molecule has 0 unspecified atom stereocenters. The first-order valence-corrected chi connectivity index (χ1v) is 9.48. The molecule has 3 rings (SSSR count). The first kappa shape index (κ1) is 18.1. The minimum Gasteiger partial charge on any atom is -0.365 e. The summed E-state index contributed by atoms with van der Waals surface area (Å²) in [4.78, 5) is 13.8. The zero-order chi connectivity index (χ0) is 18.0. The zero-order valence-corrected chi connectivity index (χ0v) is 16.9. The maximum absolute atomic E-state index is 4.56. The molecule has 0 radical (unpaired) electrons. The van der Waals surface area contributed by atoms with Crippen LogP contribution in [0.15, 0.2) is 41.1 Å². The van der Waals surface area contributed by atoms with Crippen LogP contribution < -0.4 is 10.2 Å². The number of nitrogens with one attached hydrogen (secondary N) is 1. The van der Waals surface area contributed by atoms with Crippen molar-refractivity contribution in [3.63, 3.8) is 0 Å². The molecular formula is C19H26BrN5. The lowest BCUT2D eigenvalue weighted by atomic mass is 10.0. The Morgan fingerprint density at radius 2 is 1.92 bits per heavy atom. The van der Waals surface area contributed by atoms with E-state index in [2.05, 4.69) is 74.8 Å². The minimum atomic E-state index is 0.226. The first-order chi connectivity index (χ1) is 11.8. The number of piperazine rings is 1. The van der Waals surface area contributed by atoms with E-state index < -0.39 is 0 Å². The van der Waals surface area contributed by atoms with Gasteiger partial charge in [0.25, 0.3) is 0 Å². The van der Waals surface area contributed by atoms with Gasteiger partial charge < -0.3 is 10.2 Å². The summed E-state index contributed by atoms with van der Waals surface area (Å²) < 4.78 is 0.993. The van der Waals surface area contributed by atoms with Crippen molar-refractivity contribution in [2.24, 2.45) is 0 Å². The number of hydrogen-bond donors (Lipinski definition) is 1. The summed E-state index contributed by atoms with van der Waals surface area (Å²) in [6.07, 6.45) is 3.71. The number of aromatic nitrogens is 2. The molecule has 0 saturated carbocycles. The molecule has 0 amide bonds. The molecular weight excluding hydrogens is 378 g/mol. The van der Waals surface area contributed by atoms with Crippen LogP contribution in [0.3, 0.4) is 0 Å². The lowest BCUT2D eigenvalue weighted by Crippen LogP contribution is -2.57. The molecule has 0 aliphatic carbocycles. The standard InChI is InChI=1S/C19H26BrN5/c1-14-13-24(19(2,3)4)9-10-25(14)16-5-6-17(22-12-16)23-18-11-15(20)7-8-21-18/h5-8,11-12,14H,9-10,13H2,1-4H3,(H,21,22,23)/t14-/m0/s1. The zero-order valence-electron chi connectivity index (χ0n) is 15.3. The molecule has 6 heteroatoms. The topological polar surface area (TPSA) is 44.3 Å². The average Bonchev–Trinajstić information content (AvgIpc) is 2.55. The van der Waals surface area contributed by atoms with Crippen molar-refractivity contribution in [2.75, 3.05) is 29.9 Å². The second-order valence-corrected chi connectivity index (χ2v) is 8.46. The molecule has 1 atom stereocenters. The molecule has 134 valence electrons. The quantitative estimate of drug-likeness (QED) is 0.827. The first-order valence-electron chi connectivity index (χ1n) is 8.69. The Morgan fingerprint density at radius 1 is 1.12 bits per heavy atom. The van der Waals surface area contributed by atoms with Crippen LogP contribution in [0.2, 0.25) is 0 Å². The SMILES string of the molecule is C[C@H]1CN(C(C)(C)C)CCN1c1ccc(Nc2cc(Br)ccn2)nc1. The largest absolute Gasteiger partial charge is 0.365 e. The Labute approximate surface area is 158 Å². The van der Waals surface area contributed by atoms with Gasteiger partial charge in [-0.25, -0.2) is 9.97 Å². The Morgan fingerprint density at radius 3 is 2.52 bits per heavy atom. The molecule has 2 aromatic heterocycles. The van der Waals surface area contributed by atoms with Gasteiger partial charge in [0.05, 0.1) is 11.9 Å². The van der Waals surface area contributed by atoms with Gasteiger partial charge in [0.15, 0.2) is 0 Å². The highest BCUT2D eigenvalue weighted by Crippen LogP contribution is 2.25. The number of anilines is 3. The van der Waals surface area contributed by atoms with Crippen LogP contribution in [-0.4, -0.2) is 46.1 Å². The molecule has 25 heavy (non-hydrogen) atoms. The van der Waals surface area contributed by atoms with Crippen LogP contribution in [-0.2, 0) is 0 Å². The van der Waals surface area contributed by atoms with Gasteiger partial charge in [-0.2, -0.15) is 0 Å². The molecule has 0 spiro atoms. The maximum Gasteiger partial charge on any atom is 0.132 e. The van der Waals surface area contributed by atoms with Gasteiger partial charge in [-0.05, 0) is 52.0 Å². The molecule has 0 aromatic carbocycles. The summed E-state index contributed by atoms with van der Waals surface area (Å²) in [5.41, 5.74) is 1.40. The van der Waals surface area contributed by atoms with Gasteiger partial charge in [0, 0.05) is 41.9 Å². The van der Waals surface area contributed by atoms with Crippen molar-refractivity contribution in [1.82, 2.24) is 14.9 Å². The van der Waals surface area contributed by atoms with Crippen LogP contribution in [0.25, 0.3) is 0 Å². The van der Waals surface area contributed by atoms with E-state index in [0.717, 1.165) is 35.7 Å². The molecule has 1 aliphatic heterocycles. The normalized spacial score (nSPS) is 19.1. The summed E-state index contributed by atoms with van der Waals surface area (Å²) in [7, 11) is 0. The van der Waals surface area contributed by atoms with Gasteiger partial charge >= 0.3 is 0 Å².